The van der Waals surface area contributed by atoms with Crippen molar-refractivity contribution in [2.45, 2.75) is 13.5 Å². The Hall–Kier alpha value is -1.92. The van der Waals surface area contributed by atoms with E-state index in [1.807, 2.05) is 11.5 Å². The highest BCUT2D eigenvalue weighted by Gasteiger charge is 2.10. The predicted molar refractivity (Wildman–Crippen MR) is 74.1 cm³/mol. The molecule has 0 aliphatic rings. The van der Waals surface area contributed by atoms with Crippen LogP contribution in [-0.4, -0.2) is 47.6 Å². The molecule has 0 bridgehead atoms. The van der Waals surface area contributed by atoms with Crippen molar-refractivity contribution in [1.29, 1.82) is 0 Å². The number of hydrogen-bond acceptors (Lipinski definition) is 4. The van der Waals surface area contributed by atoms with Crippen LogP contribution in [0.1, 0.15) is 16.2 Å². The number of nitrogens with zero attached hydrogens (tertiary/aromatic N) is 2. The average Bonchev–Trinajstić information content (AvgIpc) is 2.73. The molecule has 0 radical (unpaired) electrons. The maximum absolute atomic E-state index is 10.9. The van der Waals surface area contributed by atoms with Gasteiger partial charge in [-0.15, -0.1) is 0 Å². The smallest absolute Gasteiger partial charge is 0.335 e. The number of benzene rings is 1. The summed E-state index contributed by atoms with van der Waals surface area (Å²) in [7, 11) is 1.64. The summed E-state index contributed by atoms with van der Waals surface area (Å²) in [5, 5.41) is 8.98. The van der Waals surface area contributed by atoms with E-state index in [0.29, 0.717) is 31.9 Å². The van der Waals surface area contributed by atoms with Crippen LogP contribution in [0.5, 0.6) is 0 Å². The molecule has 0 aliphatic carbocycles. The van der Waals surface area contributed by atoms with Crippen molar-refractivity contribution in [2.75, 3.05) is 26.9 Å². The standard InChI is InChI=1S/C14H18N2O4/c1-10-15-12-9-11(14(17)18)3-4-13(12)16(10)5-6-20-8-7-19-2/h3-4,9H,5-8H2,1-2H3,(H,17,18). The number of rotatable bonds is 7. The molecule has 20 heavy (non-hydrogen) atoms. The number of hydrogen-bond donors (Lipinski definition) is 1. The molecule has 1 aromatic heterocycles. The topological polar surface area (TPSA) is 73.6 Å². The van der Waals surface area contributed by atoms with Crippen LogP contribution in [0.25, 0.3) is 11.0 Å². The Morgan fingerprint density at radius 1 is 1.35 bits per heavy atom. The van der Waals surface area contributed by atoms with Gasteiger partial charge >= 0.3 is 5.97 Å². The molecule has 108 valence electrons. The van der Waals surface area contributed by atoms with E-state index in [1.165, 1.54) is 0 Å². The number of aromatic nitrogens is 2. The quantitative estimate of drug-likeness (QED) is 0.780. The summed E-state index contributed by atoms with van der Waals surface area (Å²) >= 11 is 0. The molecule has 0 aliphatic heterocycles. The summed E-state index contributed by atoms with van der Waals surface area (Å²) < 4.78 is 12.4. The van der Waals surface area contributed by atoms with Gasteiger partial charge in [-0.1, -0.05) is 0 Å². The molecule has 0 spiro atoms. The minimum absolute atomic E-state index is 0.249. The third-order valence-electron chi connectivity index (χ3n) is 3.08. The van der Waals surface area contributed by atoms with Gasteiger partial charge < -0.3 is 19.1 Å². The normalized spacial score (nSPS) is 11.1. The fourth-order valence-corrected chi connectivity index (χ4v) is 2.07. The Labute approximate surface area is 116 Å². The maximum atomic E-state index is 10.9. The highest BCUT2D eigenvalue weighted by Crippen LogP contribution is 2.17. The van der Waals surface area contributed by atoms with E-state index in [0.717, 1.165) is 11.3 Å². The number of methoxy groups -OCH3 is 1. The first kappa shape index (κ1) is 14.5. The summed E-state index contributed by atoms with van der Waals surface area (Å²) in [5.41, 5.74) is 1.86. The second-order valence-corrected chi connectivity index (χ2v) is 4.42. The second-order valence-electron chi connectivity index (χ2n) is 4.42. The maximum Gasteiger partial charge on any atom is 0.335 e. The number of carboxylic acids is 1. The lowest BCUT2D eigenvalue weighted by Crippen LogP contribution is -2.10. The SMILES string of the molecule is COCCOCCn1c(C)nc2cc(C(=O)O)ccc21. The lowest BCUT2D eigenvalue weighted by Gasteiger charge is -2.07. The average molecular weight is 278 g/mol. The van der Waals surface area contributed by atoms with Crippen LogP contribution in [-0.2, 0) is 16.0 Å². The van der Waals surface area contributed by atoms with Gasteiger partial charge in [0.25, 0.3) is 0 Å². The van der Waals surface area contributed by atoms with Gasteiger partial charge in [0.05, 0.1) is 36.4 Å². The molecule has 1 N–H and O–H groups in total. The van der Waals surface area contributed by atoms with Gasteiger partial charge in [-0.25, -0.2) is 9.78 Å². The van der Waals surface area contributed by atoms with Crippen LogP contribution in [0.4, 0.5) is 0 Å². The van der Waals surface area contributed by atoms with Crippen molar-refractivity contribution >= 4 is 17.0 Å². The van der Waals surface area contributed by atoms with E-state index in [1.54, 1.807) is 25.3 Å². The number of fused-ring (bicyclic) bond motifs is 1. The number of aromatic carboxylic acids is 1. The third kappa shape index (κ3) is 3.15. The molecule has 0 saturated carbocycles. The number of aryl methyl sites for hydroxylation is 1. The second kappa shape index (κ2) is 6.49. The fraction of sp³-hybridized carbons (Fsp3) is 0.429. The molecule has 1 aromatic carbocycles. The highest BCUT2D eigenvalue weighted by atomic mass is 16.5. The lowest BCUT2D eigenvalue weighted by molar-refractivity contribution is 0.0668. The third-order valence-corrected chi connectivity index (χ3v) is 3.08. The molecule has 0 saturated heterocycles. The van der Waals surface area contributed by atoms with Gasteiger partial charge in [0, 0.05) is 13.7 Å². The van der Waals surface area contributed by atoms with Gasteiger partial charge in [-0.3, -0.25) is 0 Å². The Morgan fingerprint density at radius 2 is 2.15 bits per heavy atom. The molecule has 2 aromatic rings. The van der Waals surface area contributed by atoms with E-state index in [2.05, 4.69) is 4.98 Å². The Morgan fingerprint density at radius 3 is 2.85 bits per heavy atom. The Balaban J connectivity index is 2.13. The van der Waals surface area contributed by atoms with Gasteiger partial charge in [-0.2, -0.15) is 0 Å². The van der Waals surface area contributed by atoms with Crippen molar-refractivity contribution in [3.05, 3.63) is 29.6 Å². The molecule has 6 nitrogen and oxygen atoms in total. The van der Waals surface area contributed by atoms with Crippen LogP contribution in [0.15, 0.2) is 18.2 Å². The molecule has 2 rings (SSSR count). The first-order valence-corrected chi connectivity index (χ1v) is 6.40. The summed E-state index contributed by atoms with van der Waals surface area (Å²) in [6.07, 6.45) is 0. The minimum atomic E-state index is -0.943. The van der Waals surface area contributed by atoms with E-state index < -0.39 is 5.97 Å². The zero-order valence-corrected chi connectivity index (χ0v) is 11.6. The minimum Gasteiger partial charge on any atom is -0.478 e. The van der Waals surface area contributed by atoms with Gasteiger partial charge in [0.1, 0.15) is 5.82 Å². The van der Waals surface area contributed by atoms with Crippen molar-refractivity contribution in [2.24, 2.45) is 0 Å². The van der Waals surface area contributed by atoms with E-state index >= 15 is 0 Å². The van der Waals surface area contributed by atoms with E-state index in [9.17, 15) is 4.79 Å². The molecular weight excluding hydrogens is 260 g/mol. The van der Waals surface area contributed by atoms with Gasteiger partial charge in [0.2, 0.25) is 0 Å². The summed E-state index contributed by atoms with van der Waals surface area (Å²) in [6, 6.07) is 4.97. The van der Waals surface area contributed by atoms with E-state index in [4.69, 9.17) is 14.6 Å². The van der Waals surface area contributed by atoms with Gasteiger partial charge in [-0.05, 0) is 25.1 Å². The molecule has 0 atom stereocenters. The monoisotopic (exact) mass is 278 g/mol. The molecular formula is C14H18N2O4. The van der Waals surface area contributed by atoms with Crippen LogP contribution in [0, 0.1) is 6.92 Å². The number of ether oxygens (including phenoxy) is 2. The van der Waals surface area contributed by atoms with Crippen molar-refractivity contribution < 1.29 is 19.4 Å². The summed E-state index contributed by atoms with van der Waals surface area (Å²) in [6.45, 7) is 4.28. The largest absolute Gasteiger partial charge is 0.478 e. The Kier molecular flexibility index (Phi) is 4.70. The van der Waals surface area contributed by atoms with Crippen LogP contribution in [0.2, 0.25) is 0 Å². The number of carboxylic acid groups (broad SMARTS) is 1. The van der Waals surface area contributed by atoms with Gasteiger partial charge in [0.15, 0.2) is 0 Å². The molecule has 1 heterocycles. The van der Waals surface area contributed by atoms with E-state index in [-0.39, 0.29) is 5.56 Å². The summed E-state index contributed by atoms with van der Waals surface area (Å²) in [4.78, 5) is 15.3. The van der Waals surface area contributed by atoms with Crippen LogP contribution in [0.3, 0.4) is 0 Å². The first-order chi connectivity index (χ1) is 9.63. The highest BCUT2D eigenvalue weighted by molar-refractivity contribution is 5.92. The van der Waals surface area contributed by atoms with Crippen molar-refractivity contribution in [3.8, 4) is 0 Å². The first-order valence-electron chi connectivity index (χ1n) is 6.40. The van der Waals surface area contributed by atoms with Crippen molar-refractivity contribution in [1.82, 2.24) is 9.55 Å². The number of carbonyl (C=O) groups is 1. The van der Waals surface area contributed by atoms with Crippen molar-refractivity contribution in [3.63, 3.8) is 0 Å². The zero-order valence-electron chi connectivity index (χ0n) is 11.6. The van der Waals surface area contributed by atoms with Crippen LogP contribution >= 0.6 is 0 Å². The summed E-state index contributed by atoms with van der Waals surface area (Å²) in [5.74, 6) is -0.0973. The zero-order chi connectivity index (χ0) is 14.5. The molecule has 0 amide bonds. The van der Waals surface area contributed by atoms with Crippen LogP contribution < -0.4 is 0 Å². The number of imidazole rings is 1. The molecule has 0 fully saturated rings. The molecule has 0 unspecified atom stereocenters. The fourth-order valence-electron chi connectivity index (χ4n) is 2.07. The molecule has 6 heteroatoms. The predicted octanol–water partition coefficient (Wildman–Crippen LogP) is 1.71. The lowest BCUT2D eigenvalue weighted by atomic mass is 10.2. The Bertz CT molecular complexity index is 606.